The van der Waals surface area contributed by atoms with E-state index in [9.17, 15) is 0 Å². The van der Waals surface area contributed by atoms with Crippen LogP contribution in [0.25, 0.3) is 0 Å². The molecular weight excluding hydrogens is 238 g/mol. The third kappa shape index (κ3) is 2.10. The van der Waals surface area contributed by atoms with E-state index < -0.39 is 0 Å². The topological polar surface area (TPSA) is 30.5 Å². The largest absolute Gasteiger partial charge is 0.379 e. The lowest BCUT2D eigenvalue weighted by molar-refractivity contribution is -0.101. The SMILES string of the molecule is Cc1cc(C)c(C2(C3COCCN3)COC2)cc1C. The Labute approximate surface area is 115 Å². The molecule has 1 atom stereocenters. The Morgan fingerprint density at radius 3 is 2.37 bits per heavy atom. The van der Waals surface area contributed by atoms with Crippen molar-refractivity contribution >= 4 is 0 Å². The van der Waals surface area contributed by atoms with Gasteiger partial charge in [-0.15, -0.1) is 0 Å². The number of rotatable bonds is 2. The molecule has 1 unspecified atom stereocenters. The minimum absolute atomic E-state index is 0.100. The highest BCUT2D eigenvalue weighted by Crippen LogP contribution is 2.39. The van der Waals surface area contributed by atoms with Crippen molar-refractivity contribution in [3.05, 3.63) is 34.4 Å². The molecule has 2 fully saturated rings. The highest BCUT2D eigenvalue weighted by molar-refractivity contribution is 5.43. The molecule has 2 heterocycles. The van der Waals surface area contributed by atoms with Gasteiger partial charge in [0.05, 0.1) is 31.8 Å². The van der Waals surface area contributed by atoms with E-state index in [1.54, 1.807) is 0 Å². The Morgan fingerprint density at radius 2 is 1.79 bits per heavy atom. The molecule has 2 saturated heterocycles. The molecule has 3 heteroatoms. The van der Waals surface area contributed by atoms with Gasteiger partial charge in [0.2, 0.25) is 0 Å². The molecule has 1 aromatic carbocycles. The first kappa shape index (κ1) is 13.1. The van der Waals surface area contributed by atoms with Gasteiger partial charge in [0.1, 0.15) is 0 Å². The van der Waals surface area contributed by atoms with Crippen LogP contribution >= 0.6 is 0 Å². The Balaban J connectivity index is 1.99. The predicted molar refractivity (Wildman–Crippen MR) is 75.8 cm³/mol. The second-order valence-corrected chi connectivity index (χ2v) is 5.98. The molecule has 0 spiro atoms. The molecule has 0 amide bonds. The van der Waals surface area contributed by atoms with Crippen molar-refractivity contribution < 1.29 is 9.47 Å². The minimum atomic E-state index is 0.100. The first-order chi connectivity index (χ1) is 9.13. The van der Waals surface area contributed by atoms with Gasteiger partial charge in [0, 0.05) is 12.6 Å². The normalized spacial score (nSPS) is 25.9. The lowest BCUT2D eigenvalue weighted by atomic mass is 9.70. The third-order valence-electron chi connectivity index (χ3n) is 4.69. The smallest absolute Gasteiger partial charge is 0.0630 e. The fourth-order valence-electron chi connectivity index (χ4n) is 3.28. The monoisotopic (exact) mass is 261 g/mol. The maximum atomic E-state index is 5.66. The van der Waals surface area contributed by atoms with Crippen LogP contribution in [-0.4, -0.2) is 39.0 Å². The second kappa shape index (κ2) is 4.89. The predicted octanol–water partition coefficient (Wildman–Crippen LogP) is 1.87. The Morgan fingerprint density at radius 1 is 1.05 bits per heavy atom. The van der Waals surface area contributed by atoms with Crippen LogP contribution in [0, 0.1) is 20.8 Å². The van der Waals surface area contributed by atoms with Crippen molar-refractivity contribution in [2.24, 2.45) is 0 Å². The molecule has 2 aliphatic rings. The van der Waals surface area contributed by atoms with Crippen LogP contribution in [0.4, 0.5) is 0 Å². The van der Waals surface area contributed by atoms with Gasteiger partial charge in [-0.05, 0) is 43.0 Å². The maximum Gasteiger partial charge on any atom is 0.0630 e. The molecule has 104 valence electrons. The van der Waals surface area contributed by atoms with Gasteiger partial charge >= 0.3 is 0 Å². The fraction of sp³-hybridized carbons (Fsp3) is 0.625. The molecule has 1 N–H and O–H groups in total. The van der Waals surface area contributed by atoms with E-state index >= 15 is 0 Å². The number of hydrogen-bond donors (Lipinski definition) is 1. The summed E-state index contributed by atoms with van der Waals surface area (Å²) in [6.07, 6.45) is 0. The van der Waals surface area contributed by atoms with Crippen LogP contribution in [0.5, 0.6) is 0 Å². The number of aryl methyl sites for hydroxylation is 3. The van der Waals surface area contributed by atoms with Crippen LogP contribution in [0.3, 0.4) is 0 Å². The summed E-state index contributed by atoms with van der Waals surface area (Å²) in [5, 5.41) is 3.62. The summed E-state index contributed by atoms with van der Waals surface area (Å²) in [5.74, 6) is 0. The number of benzene rings is 1. The van der Waals surface area contributed by atoms with Gasteiger partial charge in [0.25, 0.3) is 0 Å². The highest BCUT2D eigenvalue weighted by atomic mass is 16.5. The zero-order chi connectivity index (χ0) is 13.5. The molecule has 1 aromatic rings. The number of nitrogens with one attached hydrogen (secondary N) is 1. The second-order valence-electron chi connectivity index (χ2n) is 5.98. The number of hydrogen-bond acceptors (Lipinski definition) is 3. The Bertz CT molecular complexity index is 474. The molecular formula is C16H23NO2. The lowest BCUT2D eigenvalue weighted by Crippen LogP contribution is -2.64. The van der Waals surface area contributed by atoms with Crippen LogP contribution in [0.15, 0.2) is 12.1 Å². The zero-order valence-corrected chi connectivity index (χ0v) is 12.1. The summed E-state index contributed by atoms with van der Waals surface area (Å²) in [4.78, 5) is 0. The molecule has 0 bridgehead atoms. The van der Waals surface area contributed by atoms with Crippen molar-refractivity contribution in [2.45, 2.75) is 32.2 Å². The first-order valence-electron chi connectivity index (χ1n) is 7.11. The van der Waals surface area contributed by atoms with E-state index in [0.29, 0.717) is 6.04 Å². The van der Waals surface area contributed by atoms with E-state index in [2.05, 4.69) is 38.2 Å². The molecule has 0 radical (unpaired) electrons. The molecule has 19 heavy (non-hydrogen) atoms. The quantitative estimate of drug-likeness (QED) is 0.881. The highest BCUT2D eigenvalue weighted by Gasteiger charge is 2.48. The standard InChI is InChI=1S/C16H23NO2/c1-11-6-13(3)14(7-12(11)2)16(9-19-10-16)15-8-18-5-4-17-15/h6-7,15,17H,4-5,8-10H2,1-3H3. The van der Waals surface area contributed by atoms with Gasteiger partial charge in [-0.2, -0.15) is 0 Å². The van der Waals surface area contributed by atoms with Gasteiger partial charge in [-0.3, -0.25) is 0 Å². The zero-order valence-electron chi connectivity index (χ0n) is 12.1. The van der Waals surface area contributed by atoms with Crippen molar-refractivity contribution in [1.82, 2.24) is 5.32 Å². The van der Waals surface area contributed by atoms with Gasteiger partial charge in [-0.1, -0.05) is 12.1 Å². The summed E-state index contributed by atoms with van der Waals surface area (Å²) in [7, 11) is 0. The van der Waals surface area contributed by atoms with Crippen LogP contribution in [-0.2, 0) is 14.9 Å². The number of ether oxygens (including phenoxy) is 2. The lowest BCUT2D eigenvalue weighted by Gasteiger charge is -2.49. The van der Waals surface area contributed by atoms with Crippen molar-refractivity contribution in [1.29, 1.82) is 0 Å². The van der Waals surface area contributed by atoms with E-state index in [-0.39, 0.29) is 5.41 Å². The molecule has 0 aliphatic carbocycles. The van der Waals surface area contributed by atoms with Crippen LogP contribution in [0.1, 0.15) is 22.3 Å². The van der Waals surface area contributed by atoms with E-state index in [1.807, 2.05) is 0 Å². The molecule has 3 rings (SSSR count). The summed E-state index contributed by atoms with van der Waals surface area (Å²) in [6, 6.07) is 5.02. The van der Waals surface area contributed by atoms with Gasteiger partial charge < -0.3 is 14.8 Å². The molecule has 2 aliphatic heterocycles. The first-order valence-corrected chi connectivity index (χ1v) is 7.11. The fourth-order valence-corrected chi connectivity index (χ4v) is 3.28. The van der Waals surface area contributed by atoms with Gasteiger partial charge in [0.15, 0.2) is 0 Å². The minimum Gasteiger partial charge on any atom is -0.379 e. The molecule has 0 saturated carbocycles. The van der Waals surface area contributed by atoms with Crippen molar-refractivity contribution in [3.8, 4) is 0 Å². The summed E-state index contributed by atoms with van der Waals surface area (Å²) in [5.41, 5.74) is 5.64. The van der Waals surface area contributed by atoms with Crippen LogP contribution < -0.4 is 5.32 Å². The summed E-state index contributed by atoms with van der Waals surface area (Å²) in [6.45, 7) is 10.7. The summed E-state index contributed by atoms with van der Waals surface area (Å²) < 4.78 is 11.2. The molecule has 0 aromatic heterocycles. The van der Waals surface area contributed by atoms with E-state index in [1.165, 1.54) is 22.3 Å². The molecule has 3 nitrogen and oxygen atoms in total. The average molecular weight is 261 g/mol. The Hall–Kier alpha value is -0.900. The van der Waals surface area contributed by atoms with Gasteiger partial charge in [-0.25, -0.2) is 0 Å². The maximum absolute atomic E-state index is 5.66. The Kier molecular flexibility index (Phi) is 3.37. The van der Waals surface area contributed by atoms with Crippen LogP contribution in [0.2, 0.25) is 0 Å². The number of morpholine rings is 1. The van der Waals surface area contributed by atoms with E-state index in [0.717, 1.165) is 33.0 Å². The van der Waals surface area contributed by atoms with E-state index in [4.69, 9.17) is 9.47 Å². The third-order valence-corrected chi connectivity index (χ3v) is 4.69. The van der Waals surface area contributed by atoms with Crippen molar-refractivity contribution in [3.63, 3.8) is 0 Å². The summed E-state index contributed by atoms with van der Waals surface area (Å²) >= 11 is 0. The average Bonchev–Trinajstić information content (AvgIpc) is 2.35. The van der Waals surface area contributed by atoms with Crippen molar-refractivity contribution in [2.75, 3.05) is 33.0 Å².